The van der Waals surface area contributed by atoms with E-state index in [9.17, 15) is 17.8 Å². The minimum atomic E-state index is -4.16. The summed E-state index contributed by atoms with van der Waals surface area (Å²) in [4.78, 5) is 29.6. The molecule has 3 heterocycles. The van der Waals surface area contributed by atoms with Gasteiger partial charge in [-0.25, -0.2) is 4.98 Å². The first-order valence-corrected chi connectivity index (χ1v) is 13.8. The van der Waals surface area contributed by atoms with Crippen LogP contribution in [0.1, 0.15) is 67.0 Å². The zero-order valence-corrected chi connectivity index (χ0v) is 21.2. The molecule has 1 fully saturated rings. The van der Waals surface area contributed by atoms with Gasteiger partial charge >= 0.3 is 0 Å². The quantitative estimate of drug-likeness (QED) is 0.320. The molecule has 1 aromatic carbocycles. The molecular formula is C23H28N4O6S2. The molecule has 2 aliphatic rings. The molecule has 1 saturated heterocycles. The number of carbonyl (C=O) groups is 1. The van der Waals surface area contributed by atoms with E-state index < -0.39 is 22.0 Å². The number of rotatable bonds is 8. The van der Waals surface area contributed by atoms with Crippen LogP contribution in [-0.2, 0) is 30.3 Å². The maximum Gasteiger partial charge on any atom is 0.269 e. The Morgan fingerprint density at radius 2 is 2.03 bits per heavy atom. The molecule has 35 heavy (non-hydrogen) atoms. The lowest BCUT2D eigenvalue weighted by Gasteiger charge is -2.30. The van der Waals surface area contributed by atoms with Crippen molar-refractivity contribution in [2.45, 2.75) is 50.9 Å². The zero-order chi connectivity index (χ0) is 25.0. The van der Waals surface area contributed by atoms with Crippen molar-refractivity contribution in [3.05, 3.63) is 51.5 Å². The van der Waals surface area contributed by atoms with Crippen LogP contribution in [0, 0.1) is 0 Å². The highest BCUT2D eigenvalue weighted by molar-refractivity contribution is 7.85. The maximum absolute atomic E-state index is 12.3. The number of aromatic nitrogens is 1. The number of piperidine rings is 1. The molecule has 188 valence electrons. The van der Waals surface area contributed by atoms with Gasteiger partial charge in [0.2, 0.25) is 0 Å². The normalized spacial score (nSPS) is 18.7. The molecule has 0 radical (unpaired) electrons. The first-order chi connectivity index (χ1) is 16.7. The molecule has 12 heteroatoms. The summed E-state index contributed by atoms with van der Waals surface area (Å²) < 4.78 is 32.0. The minimum absolute atomic E-state index is 0.0500. The van der Waals surface area contributed by atoms with E-state index in [0.717, 1.165) is 29.3 Å². The minimum Gasteiger partial charge on any atom is -0.387 e. The molecule has 0 spiro atoms. The number of carbonyl (C=O) groups excluding carboxylic acids is 1. The Hall–Kier alpha value is -2.83. The largest absolute Gasteiger partial charge is 0.387 e. The van der Waals surface area contributed by atoms with Crippen molar-refractivity contribution < 1.29 is 27.4 Å². The Balaban J connectivity index is 1.34. The number of likely N-dealkylation sites (tertiary alicyclic amines) is 1. The van der Waals surface area contributed by atoms with Crippen LogP contribution in [-0.4, -0.2) is 59.9 Å². The molecule has 2 aliphatic heterocycles. The van der Waals surface area contributed by atoms with Crippen LogP contribution < -0.4 is 0 Å². The number of amides is 1. The monoisotopic (exact) mass is 520 g/mol. The Bertz CT molecular complexity index is 1230. The van der Waals surface area contributed by atoms with E-state index in [1.807, 2.05) is 19.2 Å². The summed E-state index contributed by atoms with van der Waals surface area (Å²) in [5.41, 5.74) is 3.39. The molecule has 2 aromatic rings. The Labute approximate surface area is 208 Å². The Morgan fingerprint density at radius 1 is 1.29 bits per heavy atom. The van der Waals surface area contributed by atoms with E-state index in [1.165, 1.54) is 0 Å². The molecule has 1 amide bonds. The van der Waals surface area contributed by atoms with E-state index in [2.05, 4.69) is 10.3 Å². The van der Waals surface area contributed by atoms with E-state index >= 15 is 0 Å². The lowest BCUT2D eigenvalue weighted by Crippen LogP contribution is -2.39. The van der Waals surface area contributed by atoms with Crippen molar-refractivity contribution >= 4 is 38.8 Å². The predicted molar refractivity (Wildman–Crippen MR) is 132 cm³/mol. The standard InChI is InChI=1S/C23H28N4O6S2/c1-15(2)25-32-12-22(28)27-9-7-16(8-10-27)23-24-20(13-34-23)19-11-21(33-26-19)18-6-4-3-5-17(18)14-35(29,30)31/h3-6,13,16,21H,7-12,14H2,1-2H3,(H,29,30,31). The summed E-state index contributed by atoms with van der Waals surface area (Å²) in [7, 11) is -4.16. The van der Waals surface area contributed by atoms with Gasteiger partial charge in [0, 0.05) is 30.8 Å². The first-order valence-electron chi connectivity index (χ1n) is 11.3. The van der Waals surface area contributed by atoms with Gasteiger partial charge in [-0.1, -0.05) is 34.6 Å². The number of thiazole rings is 1. The highest BCUT2D eigenvalue weighted by Gasteiger charge is 2.30. The van der Waals surface area contributed by atoms with Gasteiger partial charge in [-0.2, -0.15) is 8.42 Å². The molecule has 0 saturated carbocycles. The highest BCUT2D eigenvalue weighted by Crippen LogP contribution is 2.35. The fraction of sp³-hybridized carbons (Fsp3) is 0.478. The molecule has 0 aliphatic carbocycles. The lowest BCUT2D eigenvalue weighted by molar-refractivity contribution is -0.137. The summed E-state index contributed by atoms with van der Waals surface area (Å²) in [6.45, 7) is 4.86. The van der Waals surface area contributed by atoms with Crippen LogP contribution in [0.4, 0.5) is 0 Å². The summed E-state index contributed by atoms with van der Waals surface area (Å²) in [5.74, 6) is -0.271. The van der Waals surface area contributed by atoms with Crippen LogP contribution in [0.5, 0.6) is 0 Å². The van der Waals surface area contributed by atoms with Crippen molar-refractivity contribution in [3.8, 4) is 0 Å². The molecule has 1 unspecified atom stereocenters. The third-order valence-corrected chi connectivity index (χ3v) is 7.54. The van der Waals surface area contributed by atoms with Gasteiger partial charge in [0.25, 0.3) is 16.0 Å². The summed E-state index contributed by atoms with van der Waals surface area (Å²) >= 11 is 1.57. The second-order valence-electron chi connectivity index (χ2n) is 8.80. The molecule has 4 rings (SSSR count). The van der Waals surface area contributed by atoms with Crippen molar-refractivity contribution in [3.63, 3.8) is 0 Å². The van der Waals surface area contributed by atoms with Gasteiger partial charge in [-0.15, -0.1) is 11.3 Å². The van der Waals surface area contributed by atoms with Crippen LogP contribution in [0.3, 0.4) is 0 Å². The van der Waals surface area contributed by atoms with Gasteiger partial charge < -0.3 is 14.6 Å². The Kier molecular flexibility index (Phi) is 7.82. The third kappa shape index (κ3) is 6.65. The van der Waals surface area contributed by atoms with E-state index in [1.54, 1.807) is 40.5 Å². The molecule has 1 atom stereocenters. The zero-order valence-electron chi connectivity index (χ0n) is 19.6. The van der Waals surface area contributed by atoms with Gasteiger partial charge in [0.15, 0.2) is 12.7 Å². The molecule has 0 bridgehead atoms. The average molecular weight is 521 g/mol. The highest BCUT2D eigenvalue weighted by atomic mass is 32.2. The maximum atomic E-state index is 12.3. The van der Waals surface area contributed by atoms with Crippen LogP contribution in [0.15, 0.2) is 40.0 Å². The Morgan fingerprint density at radius 3 is 2.74 bits per heavy atom. The number of oxime groups is 2. The fourth-order valence-electron chi connectivity index (χ4n) is 4.16. The van der Waals surface area contributed by atoms with Crippen LogP contribution >= 0.6 is 11.3 Å². The van der Waals surface area contributed by atoms with E-state index in [-0.39, 0.29) is 18.4 Å². The number of benzene rings is 1. The smallest absolute Gasteiger partial charge is 0.269 e. The molecule has 1 aromatic heterocycles. The van der Waals surface area contributed by atoms with Gasteiger partial charge in [0.1, 0.15) is 11.5 Å². The summed E-state index contributed by atoms with van der Waals surface area (Å²) in [6.07, 6.45) is 1.66. The second-order valence-corrected chi connectivity index (χ2v) is 11.1. The SMILES string of the molecule is CC(C)=NOCC(=O)N1CCC(c2nc(C3=NOC(c4ccccc4CS(=O)(=O)O)C3)cs2)CC1. The van der Waals surface area contributed by atoms with Crippen molar-refractivity contribution in [1.29, 1.82) is 0 Å². The number of hydrogen-bond acceptors (Lipinski definition) is 9. The number of nitrogens with zero attached hydrogens (tertiary/aromatic N) is 4. The molecule has 1 N–H and O–H groups in total. The summed E-state index contributed by atoms with van der Waals surface area (Å²) in [6, 6.07) is 6.96. The van der Waals surface area contributed by atoms with Gasteiger partial charge in [0.05, 0.1) is 16.4 Å². The van der Waals surface area contributed by atoms with Crippen molar-refractivity contribution in [1.82, 2.24) is 9.88 Å². The average Bonchev–Trinajstić information content (AvgIpc) is 3.48. The molecule has 10 nitrogen and oxygen atoms in total. The van der Waals surface area contributed by atoms with Crippen LogP contribution in [0.25, 0.3) is 0 Å². The number of hydrogen-bond donors (Lipinski definition) is 1. The first kappa shape index (κ1) is 25.3. The molecular weight excluding hydrogens is 492 g/mol. The lowest BCUT2D eigenvalue weighted by atomic mass is 9.97. The van der Waals surface area contributed by atoms with Crippen molar-refractivity contribution in [2.75, 3.05) is 19.7 Å². The van der Waals surface area contributed by atoms with Crippen LogP contribution in [0.2, 0.25) is 0 Å². The van der Waals surface area contributed by atoms with E-state index in [4.69, 9.17) is 14.7 Å². The predicted octanol–water partition coefficient (Wildman–Crippen LogP) is 3.52. The topological polar surface area (TPSA) is 131 Å². The summed E-state index contributed by atoms with van der Waals surface area (Å²) in [5, 5.41) is 11.0. The van der Waals surface area contributed by atoms with Gasteiger partial charge in [-0.05, 0) is 37.8 Å². The van der Waals surface area contributed by atoms with Gasteiger partial charge in [-0.3, -0.25) is 9.35 Å². The second kappa shape index (κ2) is 10.8. The fourth-order valence-corrected chi connectivity index (χ4v) is 5.82. The van der Waals surface area contributed by atoms with Crippen molar-refractivity contribution in [2.24, 2.45) is 10.3 Å². The van der Waals surface area contributed by atoms with E-state index in [0.29, 0.717) is 36.3 Å². The third-order valence-electron chi connectivity index (χ3n) is 5.86.